The van der Waals surface area contributed by atoms with Crippen molar-refractivity contribution in [3.05, 3.63) is 51.4 Å². The van der Waals surface area contributed by atoms with Crippen molar-refractivity contribution >= 4 is 23.2 Å². The summed E-state index contributed by atoms with van der Waals surface area (Å²) in [5, 5.41) is 13.0. The topological polar surface area (TPSA) is 98.4 Å². The lowest BCUT2D eigenvalue weighted by Gasteiger charge is -2.33. The second kappa shape index (κ2) is 8.76. The van der Waals surface area contributed by atoms with Crippen LogP contribution in [0.15, 0.2) is 35.8 Å². The SMILES string of the molecule is CN1CCc2nc(C(=O)N[C@@H]3CNCC[C@@H]3NC(=O)C3=CC4C=C(F)C=CC4N3)sc2C1. The number of nitrogens with one attached hydrogen (secondary N) is 4. The molecule has 0 radical (unpaired) electrons. The third-order valence-corrected chi connectivity index (χ3v) is 7.47. The van der Waals surface area contributed by atoms with Gasteiger partial charge in [-0.15, -0.1) is 11.3 Å². The van der Waals surface area contributed by atoms with Crippen LogP contribution < -0.4 is 21.3 Å². The molecule has 2 amide bonds. The smallest absolute Gasteiger partial charge is 0.280 e. The Hall–Kier alpha value is -2.56. The monoisotopic (exact) mass is 458 g/mol. The first-order chi connectivity index (χ1) is 15.5. The Kier molecular flexibility index (Phi) is 5.83. The van der Waals surface area contributed by atoms with Crippen LogP contribution in [0.5, 0.6) is 0 Å². The van der Waals surface area contributed by atoms with Crippen LogP contribution in [0.4, 0.5) is 4.39 Å². The molecule has 8 nitrogen and oxygen atoms in total. The number of aromatic nitrogens is 1. The lowest BCUT2D eigenvalue weighted by Crippen LogP contribution is -2.60. The molecule has 0 spiro atoms. The van der Waals surface area contributed by atoms with E-state index in [2.05, 4.69) is 38.2 Å². The Labute approximate surface area is 190 Å². The van der Waals surface area contributed by atoms with E-state index in [4.69, 9.17) is 0 Å². The molecule has 3 aliphatic heterocycles. The number of thiazole rings is 1. The average molecular weight is 459 g/mol. The molecule has 4 heterocycles. The molecule has 10 heteroatoms. The number of carbonyl (C=O) groups is 2. The maximum atomic E-state index is 13.5. The minimum atomic E-state index is -0.289. The predicted octanol–water partition coefficient (Wildman–Crippen LogP) is 0.603. The zero-order valence-corrected chi connectivity index (χ0v) is 18.7. The molecule has 4 aliphatic rings. The van der Waals surface area contributed by atoms with Gasteiger partial charge in [0.1, 0.15) is 5.83 Å². The predicted molar refractivity (Wildman–Crippen MR) is 120 cm³/mol. The molecule has 0 saturated carbocycles. The zero-order chi connectivity index (χ0) is 22.2. The Morgan fingerprint density at radius 2 is 2.09 bits per heavy atom. The Balaban J connectivity index is 1.23. The van der Waals surface area contributed by atoms with Gasteiger partial charge in [0.2, 0.25) is 0 Å². The van der Waals surface area contributed by atoms with Gasteiger partial charge in [-0.3, -0.25) is 9.59 Å². The Bertz CT molecular complexity index is 1020. The summed E-state index contributed by atoms with van der Waals surface area (Å²) in [5.41, 5.74) is 1.46. The molecular weight excluding hydrogens is 431 g/mol. The molecule has 1 aromatic rings. The molecule has 1 aliphatic carbocycles. The summed E-state index contributed by atoms with van der Waals surface area (Å²) in [6, 6.07) is -0.555. The number of hydrogen-bond acceptors (Lipinski definition) is 7. The van der Waals surface area contributed by atoms with E-state index in [0.29, 0.717) is 23.7 Å². The van der Waals surface area contributed by atoms with Gasteiger partial charge >= 0.3 is 0 Å². The van der Waals surface area contributed by atoms with E-state index in [-0.39, 0.29) is 41.7 Å². The molecule has 32 heavy (non-hydrogen) atoms. The third-order valence-electron chi connectivity index (χ3n) is 6.39. The second-order valence-corrected chi connectivity index (χ2v) is 9.85. The zero-order valence-electron chi connectivity index (χ0n) is 17.9. The van der Waals surface area contributed by atoms with Gasteiger partial charge in [0.05, 0.1) is 29.5 Å². The average Bonchev–Trinajstić information content (AvgIpc) is 3.38. The number of fused-ring (bicyclic) bond motifs is 2. The largest absolute Gasteiger partial charge is 0.374 e. The van der Waals surface area contributed by atoms with Crippen molar-refractivity contribution in [2.45, 2.75) is 37.5 Å². The van der Waals surface area contributed by atoms with Crippen molar-refractivity contribution < 1.29 is 14.0 Å². The highest BCUT2D eigenvalue weighted by atomic mass is 32.1. The molecule has 5 rings (SSSR count). The highest BCUT2D eigenvalue weighted by Gasteiger charge is 2.33. The van der Waals surface area contributed by atoms with Gasteiger partial charge in [-0.2, -0.15) is 0 Å². The molecule has 170 valence electrons. The summed E-state index contributed by atoms with van der Waals surface area (Å²) in [6.07, 6.45) is 7.97. The molecule has 2 unspecified atom stereocenters. The van der Waals surface area contributed by atoms with Gasteiger partial charge in [-0.25, -0.2) is 9.37 Å². The third kappa shape index (κ3) is 4.35. The molecule has 0 bridgehead atoms. The summed E-state index contributed by atoms with van der Waals surface area (Å²) in [7, 11) is 2.07. The summed E-state index contributed by atoms with van der Waals surface area (Å²) in [4.78, 5) is 33.7. The maximum Gasteiger partial charge on any atom is 0.280 e. The van der Waals surface area contributed by atoms with Crippen LogP contribution in [0.25, 0.3) is 0 Å². The molecule has 4 N–H and O–H groups in total. The molecule has 1 fully saturated rings. The number of rotatable bonds is 4. The molecule has 0 aromatic carbocycles. The lowest BCUT2D eigenvalue weighted by molar-refractivity contribution is -0.118. The number of carbonyl (C=O) groups excluding carboxylic acids is 2. The van der Waals surface area contributed by atoms with Gasteiger partial charge in [0.15, 0.2) is 5.01 Å². The molecule has 4 atom stereocenters. The number of halogens is 1. The van der Waals surface area contributed by atoms with E-state index >= 15 is 0 Å². The first kappa shape index (κ1) is 21.3. The van der Waals surface area contributed by atoms with Crippen molar-refractivity contribution in [1.82, 2.24) is 31.2 Å². The second-order valence-electron chi connectivity index (χ2n) is 8.77. The normalized spacial score (nSPS) is 29.3. The minimum Gasteiger partial charge on any atom is -0.374 e. The van der Waals surface area contributed by atoms with Gasteiger partial charge in [0, 0.05) is 36.9 Å². The number of allylic oxidation sites excluding steroid dienone is 2. The maximum absolute atomic E-state index is 13.5. The van der Waals surface area contributed by atoms with Gasteiger partial charge in [0.25, 0.3) is 11.8 Å². The van der Waals surface area contributed by atoms with Gasteiger partial charge in [-0.1, -0.05) is 6.08 Å². The molecule has 1 aromatic heterocycles. The Morgan fingerprint density at radius 3 is 2.97 bits per heavy atom. The highest BCUT2D eigenvalue weighted by Crippen LogP contribution is 2.26. The van der Waals surface area contributed by atoms with E-state index in [9.17, 15) is 14.0 Å². The summed E-state index contributed by atoms with van der Waals surface area (Å²) in [6.45, 7) is 3.09. The van der Waals surface area contributed by atoms with E-state index in [0.717, 1.165) is 36.6 Å². The fourth-order valence-electron chi connectivity index (χ4n) is 4.60. The van der Waals surface area contributed by atoms with Crippen LogP contribution in [0.1, 0.15) is 26.8 Å². The molecule has 1 saturated heterocycles. The highest BCUT2D eigenvalue weighted by molar-refractivity contribution is 7.13. The van der Waals surface area contributed by atoms with E-state index in [1.807, 2.05) is 0 Å². The van der Waals surface area contributed by atoms with Gasteiger partial charge < -0.3 is 26.2 Å². The number of likely N-dealkylation sites (N-methyl/N-ethyl adjacent to an activating group) is 1. The van der Waals surface area contributed by atoms with Gasteiger partial charge in [-0.05, 0) is 38.2 Å². The first-order valence-electron chi connectivity index (χ1n) is 11.0. The van der Waals surface area contributed by atoms with E-state index in [1.165, 1.54) is 23.5 Å². The van der Waals surface area contributed by atoms with Crippen LogP contribution in [-0.2, 0) is 17.8 Å². The van der Waals surface area contributed by atoms with Crippen molar-refractivity contribution in [1.29, 1.82) is 0 Å². The summed E-state index contributed by atoms with van der Waals surface area (Å²) in [5.74, 6) is -0.891. The fourth-order valence-corrected chi connectivity index (χ4v) is 5.70. The molecular formula is C22H27FN6O2S. The number of hydrogen-bond donors (Lipinski definition) is 4. The lowest BCUT2D eigenvalue weighted by atomic mass is 9.97. The van der Waals surface area contributed by atoms with Crippen LogP contribution in [-0.4, -0.2) is 66.5 Å². The quantitative estimate of drug-likeness (QED) is 0.528. The van der Waals surface area contributed by atoms with E-state index in [1.54, 1.807) is 12.2 Å². The number of nitrogens with zero attached hydrogens (tertiary/aromatic N) is 2. The van der Waals surface area contributed by atoms with Crippen molar-refractivity contribution in [3.63, 3.8) is 0 Å². The summed E-state index contributed by atoms with van der Waals surface area (Å²) < 4.78 is 13.5. The van der Waals surface area contributed by atoms with Crippen LogP contribution >= 0.6 is 11.3 Å². The first-order valence-corrected chi connectivity index (χ1v) is 11.8. The van der Waals surface area contributed by atoms with Crippen LogP contribution in [0.3, 0.4) is 0 Å². The standard InChI is InChI=1S/C22H27FN6O2S/c1-29-7-5-16-19(11-29)32-22(28-16)21(31)27-18-10-24-6-4-15(18)26-20(30)17-9-12-8-13(23)2-3-14(12)25-17/h2-3,8-9,12,14-15,18,24-25H,4-7,10-11H2,1H3,(H,26,30)(H,27,31)/t12?,14?,15-,18+/m0/s1. The van der Waals surface area contributed by atoms with Crippen LogP contribution in [0.2, 0.25) is 0 Å². The van der Waals surface area contributed by atoms with E-state index < -0.39 is 0 Å². The number of piperidine rings is 1. The Morgan fingerprint density at radius 1 is 1.25 bits per heavy atom. The number of amides is 2. The van der Waals surface area contributed by atoms with Crippen molar-refractivity contribution in [2.75, 3.05) is 26.7 Å². The summed E-state index contributed by atoms with van der Waals surface area (Å²) >= 11 is 1.45. The van der Waals surface area contributed by atoms with Crippen LogP contribution in [0, 0.1) is 5.92 Å². The fraction of sp³-hybridized carbons (Fsp3) is 0.500. The van der Waals surface area contributed by atoms with Crippen molar-refractivity contribution in [2.24, 2.45) is 5.92 Å². The minimum absolute atomic E-state index is 0.103. The van der Waals surface area contributed by atoms with Crippen molar-refractivity contribution in [3.8, 4) is 0 Å².